The van der Waals surface area contributed by atoms with Gasteiger partial charge in [-0.15, -0.1) is 0 Å². The molecule has 11 rings (SSSR count). The molecule has 2 N–H and O–H groups in total. The van der Waals surface area contributed by atoms with E-state index in [0.717, 1.165) is 50.4 Å². The highest BCUT2D eigenvalue weighted by Crippen LogP contribution is 2.61. The van der Waals surface area contributed by atoms with E-state index in [2.05, 4.69) is 19.2 Å². The van der Waals surface area contributed by atoms with E-state index in [0.29, 0.717) is 36.5 Å². The summed E-state index contributed by atoms with van der Waals surface area (Å²) in [5, 5.41) is 12.5. The second kappa shape index (κ2) is 16.3. The Morgan fingerprint density at radius 3 is 1.72 bits per heavy atom. The molecule has 14 heteroatoms. The molecule has 1 amide bonds. The number of hydrogen-bond acceptors (Lipinski definition) is 12. The number of amides is 1. The van der Waals surface area contributed by atoms with E-state index in [1.54, 1.807) is 13.8 Å². The van der Waals surface area contributed by atoms with Gasteiger partial charge >= 0.3 is 17.9 Å². The van der Waals surface area contributed by atoms with Gasteiger partial charge in [0.1, 0.15) is 35.2 Å². The molecule has 10 bridgehead atoms. The van der Waals surface area contributed by atoms with Crippen molar-refractivity contribution < 1.29 is 55.8 Å². The molecule has 8 aliphatic carbocycles. The smallest absolute Gasteiger partial charge is 0.325 e. The third kappa shape index (κ3) is 9.05. The number of hydrogen-bond donors (Lipinski definition) is 2. The standard InChI is InChI=1S/C17H28O2.C16H26O3.C14H21NO7S/c1-5-16(2,3)15(18)19-17(4)13-7-11-6-12(9-13)10-14(17)8-11;1-4-14(2,3)13(17)19-16-8-11-5-12(9-16)7-15(18,6-11)10-16;1-4-14(2,3)13(17)15-6-9(16)21-10-7-5-8-11(20-7)12(10)22-23(8,18)19/h11-14H,5-10H2,1-4H3;11-12,18H,4-10H2,1-3H3;7-8,10-12H,4-6H2,1-3H3,(H,15,17). The Morgan fingerprint density at radius 2 is 1.21 bits per heavy atom. The van der Waals surface area contributed by atoms with Crippen LogP contribution in [-0.4, -0.2) is 90.4 Å². The van der Waals surface area contributed by atoms with Gasteiger partial charge < -0.3 is 29.4 Å². The molecule has 7 atom stereocenters. The average Bonchev–Trinajstić information content (AvgIpc) is 3.80. The number of rotatable bonds is 11. The van der Waals surface area contributed by atoms with E-state index in [1.807, 2.05) is 41.5 Å². The van der Waals surface area contributed by atoms with Gasteiger partial charge in [0, 0.05) is 11.8 Å². The van der Waals surface area contributed by atoms with Crippen LogP contribution in [0, 0.1) is 51.8 Å². The molecule has 0 spiro atoms. The topological polar surface area (TPSA) is 181 Å². The van der Waals surface area contributed by atoms with E-state index in [9.17, 15) is 32.7 Å². The zero-order chi connectivity index (χ0) is 44.7. The van der Waals surface area contributed by atoms with Gasteiger partial charge in [-0.1, -0.05) is 34.6 Å². The SMILES string of the molecule is CCC(C)(C)C(=O)NCC(=O)OC1C2CC3C(O2)C1OS3(=O)=O.CCC(C)(C)C(=O)OC1(C)C2CC3CC(C2)CC1C3.CCC(C)(C)C(=O)OC12CC3CC(CC(O)(C3)C1)C2. The van der Waals surface area contributed by atoms with Crippen molar-refractivity contribution in [3.63, 3.8) is 0 Å². The summed E-state index contributed by atoms with van der Waals surface area (Å²) in [6.07, 6.45) is 12.3. The van der Waals surface area contributed by atoms with Crippen LogP contribution in [0.15, 0.2) is 0 Å². The first-order valence-corrected chi connectivity index (χ1v) is 25.0. The van der Waals surface area contributed by atoms with Crippen molar-refractivity contribution in [3.05, 3.63) is 0 Å². The van der Waals surface area contributed by atoms with Crippen molar-refractivity contribution in [2.45, 2.75) is 212 Å². The van der Waals surface area contributed by atoms with Crippen molar-refractivity contribution in [2.24, 2.45) is 51.8 Å². The number of esters is 3. The summed E-state index contributed by atoms with van der Waals surface area (Å²) >= 11 is 0. The Labute approximate surface area is 364 Å². The van der Waals surface area contributed by atoms with Gasteiger partial charge in [-0.2, -0.15) is 8.42 Å². The van der Waals surface area contributed by atoms with E-state index >= 15 is 0 Å². The van der Waals surface area contributed by atoms with Crippen molar-refractivity contribution >= 4 is 33.9 Å². The summed E-state index contributed by atoms with van der Waals surface area (Å²) in [6.45, 7) is 19.4. The number of fused-ring (bicyclic) bond motifs is 1. The molecule has 346 valence electrons. The molecule has 8 saturated carbocycles. The zero-order valence-electron chi connectivity index (χ0n) is 38.5. The number of aliphatic hydroxyl groups is 1. The molecular formula is C47H75NO12S. The monoisotopic (exact) mass is 878 g/mol. The Kier molecular flexibility index (Phi) is 12.5. The highest BCUT2D eigenvalue weighted by molar-refractivity contribution is 7.87. The first-order valence-electron chi connectivity index (χ1n) is 23.5. The van der Waals surface area contributed by atoms with Crippen molar-refractivity contribution in [1.29, 1.82) is 0 Å². The summed E-state index contributed by atoms with van der Waals surface area (Å²) < 4.78 is 51.5. The molecule has 3 aliphatic heterocycles. The fourth-order valence-electron chi connectivity index (χ4n) is 12.6. The van der Waals surface area contributed by atoms with Crippen LogP contribution >= 0.6 is 0 Å². The van der Waals surface area contributed by atoms with E-state index < -0.39 is 62.2 Å². The molecule has 3 saturated heterocycles. The molecular weight excluding hydrogens is 803 g/mol. The highest BCUT2D eigenvalue weighted by Gasteiger charge is 2.67. The maximum absolute atomic E-state index is 12.5. The number of carbonyl (C=O) groups excluding carboxylic acids is 4. The Bertz CT molecular complexity index is 1780. The molecule has 11 aliphatic rings. The zero-order valence-corrected chi connectivity index (χ0v) is 39.3. The maximum Gasteiger partial charge on any atom is 0.325 e. The van der Waals surface area contributed by atoms with Crippen LogP contribution in [0.1, 0.15) is 166 Å². The second-order valence-corrected chi connectivity index (χ2v) is 24.7. The van der Waals surface area contributed by atoms with Crippen LogP contribution in [0.4, 0.5) is 0 Å². The van der Waals surface area contributed by atoms with E-state index in [1.165, 1.54) is 38.5 Å². The third-order valence-electron chi connectivity index (χ3n) is 17.2. The lowest BCUT2D eigenvalue weighted by atomic mass is 9.50. The predicted octanol–water partition coefficient (Wildman–Crippen LogP) is 6.95. The third-order valence-corrected chi connectivity index (χ3v) is 18.9. The van der Waals surface area contributed by atoms with Crippen LogP contribution < -0.4 is 5.32 Å². The molecule has 61 heavy (non-hydrogen) atoms. The van der Waals surface area contributed by atoms with Gasteiger partial charge in [-0.25, -0.2) is 0 Å². The molecule has 11 fully saturated rings. The van der Waals surface area contributed by atoms with E-state index in [-0.39, 0.29) is 47.4 Å². The van der Waals surface area contributed by atoms with Crippen molar-refractivity contribution in [1.82, 2.24) is 5.32 Å². The fourth-order valence-corrected chi connectivity index (χ4v) is 14.3. The van der Waals surface area contributed by atoms with Gasteiger partial charge in [0.25, 0.3) is 10.1 Å². The van der Waals surface area contributed by atoms with E-state index in [4.69, 9.17) is 23.1 Å². The minimum absolute atomic E-state index is 0.0185. The van der Waals surface area contributed by atoms with Crippen LogP contribution in [0.2, 0.25) is 0 Å². The van der Waals surface area contributed by atoms with Gasteiger partial charge in [0.2, 0.25) is 5.91 Å². The summed E-state index contributed by atoms with van der Waals surface area (Å²) in [7, 11) is -3.63. The minimum Gasteiger partial charge on any atom is -0.459 e. The summed E-state index contributed by atoms with van der Waals surface area (Å²) in [4.78, 5) is 48.7. The molecule has 3 heterocycles. The van der Waals surface area contributed by atoms with Gasteiger partial charge in [-0.05, 0) is 160 Å². The average molecular weight is 878 g/mol. The van der Waals surface area contributed by atoms with Crippen molar-refractivity contribution in [2.75, 3.05) is 6.54 Å². The summed E-state index contributed by atoms with van der Waals surface area (Å²) in [6, 6.07) is 0. The predicted molar refractivity (Wildman–Crippen MR) is 226 cm³/mol. The first-order chi connectivity index (χ1) is 28.3. The molecule has 0 aromatic rings. The van der Waals surface area contributed by atoms with Gasteiger partial charge in [0.15, 0.2) is 6.10 Å². The maximum atomic E-state index is 12.5. The van der Waals surface area contributed by atoms with Crippen LogP contribution in [0.3, 0.4) is 0 Å². The highest BCUT2D eigenvalue weighted by atomic mass is 32.2. The van der Waals surface area contributed by atoms with Crippen LogP contribution in [0.25, 0.3) is 0 Å². The Morgan fingerprint density at radius 1 is 0.705 bits per heavy atom. The quantitative estimate of drug-likeness (QED) is 0.124. The lowest BCUT2D eigenvalue weighted by molar-refractivity contribution is -0.225. The normalized spacial score (nSPS) is 41.6. The molecule has 7 unspecified atom stereocenters. The van der Waals surface area contributed by atoms with Crippen LogP contribution in [-0.2, 0) is 52.4 Å². The summed E-state index contributed by atoms with van der Waals surface area (Å²) in [5.41, 5.74) is -2.39. The second-order valence-electron chi connectivity index (χ2n) is 23.0. The number of ether oxygens (including phenoxy) is 4. The minimum atomic E-state index is -3.63. The molecule has 0 radical (unpaired) electrons. The Balaban J connectivity index is 0.000000139. The fraction of sp³-hybridized carbons (Fsp3) is 0.915. The lowest BCUT2D eigenvalue weighted by Crippen LogP contribution is -2.61. The molecule has 0 aromatic carbocycles. The first kappa shape index (κ1) is 46.7. The van der Waals surface area contributed by atoms with Crippen LogP contribution in [0.5, 0.6) is 0 Å². The molecule has 0 aromatic heterocycles. The van der Waals surface area contributed by atoms with Gasteiger partial charge in [0.05, 0.1) is 22.5 Å². The number of nitrogens with one attached hydrogen (secondary N) is 1. The van der Waals surface area contributed by atoms with Gasteiger partial charge in [-0.3, -0.25) is 23.4 Å². The summed E-state index contributed by atoms with van der Waals surface area (Å²) in [5.74, 6) is 3.29. The lowest BCUT2D eigenvalue weighted by Gasteiger charge is -2.59. The molecule has 13 nitrogen and oxygen atoms in total. The number of carbonyl (C=O) groups is 4. The van der Waals surface area contributed by atoms with Crippen molar-refractivity contribution in [3.8, 4) is 0 Å². The largest absolute Gasteiger partial charge is 0.459 e. The Hall–Kier alpha value is -2.29.